The molecule has 0 aliphatic heterocycles. The van der Waals surface area contributed by atoms with Crippen molar-refractivity contribution in [3.8, 4) is 5.75 Å². The van der Waals surface area contributed by atoms with Crippen LogP contribution in [-0.4, -0.2) is 18.8 Å². The predicted molar refractivity (Wildman–Crippen MR) is 66.1 cm³/mol. The number of anilines is 1. The summed E-state index contributed by atoms with van der Waals surface area (Å²) in [7, 11) is 0. The van der Waals surface area contributed by atoms with Gasteiger partial charge >= 0.3 is 0 Å². The topological polar surface area (TPSA) is 55.4 Å². The van der Waals surface area contributed by atoms with Crippen LogP contribution in [0.25, 0.3) is 0 Å². The molecular formula is C13H15NO3. The first-order valence-electron chi connectivity index (χ1n) is 5.24. The molecule has 0 aromatic heterocycles. The van der Waals surface area contributed by atoms with Crippen molar-refractivity contribution in [3.63, 3.8) is 0 Å². The van der Waals surface area contributed by atoms with Gasteiger partial charge in [0.05, 0.1) is 0 Å². The predicted octanol–water partition coefficient (Wildman–Crippen LogP) is 2.17. The van der Waals surface area contributed by atoms with E-state index in [1.165, 1.54) is 6.92 Å². The summed E-state index contributed by atoms with van der Waals surface area (Å²) in [6.45, 7) is 3.53. The minimum atomic E-state index is -0.108. The summed E-state index contributed by atoms with van der Waals surface area (Å²) in [5, 5.41) is 2.66. The maximum absolute atomic E-state index is 10.8. The van der Waals surface area contributed by atoms with E-state index >= 15 is 0 Å². The fourth-order valence-corrected chi connectivity index (χ4v) is 1.16. The summed E-state index contributed by atoms with van der Waals surface area (Å²) in [6, 6.07) is 7.03. The van der Waals surface area contributed by atoms with Crippen molar-refractivity contribution in [1.29, 1.82) is 0 Å². The summed E-state index contributed by atoms with van der Waals surface area (Å²) in [6.07, 6.45) is 2.48. The van der Waals surface area contributed by atoms with Crippen LogP contribution in [0.4, 0.5) is 5.69 Å². The lowest BCUT2D eigenvalue weighted by Crippen LogP contribution is -2.05. The minimum absolute atomic E-state index is 0.108. The number of rotatable bonds is 5. The van der Waals surface area contributed by atoms with Crippen LogP contribution in [0.5, 0.6) is 5.75 Å². The van der Waals surface area contributed by atoms with Gasteiger partial charge in [-0.2, -0.15) is 0 Å². The first-order chi connectivity index (χ1) is 8.11. The van der Waals surface area contributed by atoms with Gasteiger partial charge in [0.2, 0.25) is 5.91 Å². The van der Waals surface area contributed by atoms with E-state index in [2.05, 4.69) is 5.32 Å². The third-order valence-electron chi connectivity index (χ3n) is 2.02. The molecule has 0 aliphatic carbocycles. The Kier molecular flexibility index (Phi) is 4.94. The Morgan fingerprint density at radius 2 is 1.94 bits per heavy atom. The minimum Gasteiger partial charge on any atom is -0.490 e. The molecule has 0 unspecified atom stereocenters. The van der Waals surface area contributed by atoms with Gasteiger partial charge in [-0.05, 0) is 42.8 Å². The first kappa shape index (κ1) is 13.0. The van der Waals surface area contributed by atoms with E-state index in [1.54, 1.807) is 37.3 Å². The van der Waals surface area contributed by atoms with Gasteiger partial charge in [-0.1, -0.05) is 0 Å². The number of hydrogen-bond acceptors (Lipinski definition) is 3. The quantitative estimate of drug-likeness (QED) is 0.626. The van der Waals surface area contributed by atoms with Crippen molar-refractivity contribution in [2.24, 2.45) is 0 Å². The van der Waals surface area contributed by atoms with E-state index in [-0.39, 0.29) is 5.91 Å². The monoisotopic (exact) mass is 233 g/mol. The average Bonchev–Trinajstić information content (AvgIpc) is 2.30. The Balaban J connectivity index is 2.51. The lowest BCUT2D eigenvalue weighted by Gasteiger charge is -2.05. The van der Waals surface area contributed by atoms with Crippen LogP contribution in [0.15, 0.2) is 35.9 Å². The molecule has 0 aliphatic rings. The molecule has 0 saturated carbocycles. The van der Waals surface area contributed by atoms with E-state index in [4.69, 9.17) is 4.74 Å². The van der Waals surface area contributed by atoms with E-state index in [0.717, 1.165) is 12.0 Å². The van der Waals surface area contributed by atoms with Gasteiger partial charge < -0.3 is 10.1 Å². The molecule has 90 valence electrons. The number of carbonyl (C=O) groups is 2. The number of carbonyl (C=O) groups excluding carboxylic acids is 2. The normalized spacial score (nSPS) is 10.8. The summed E-state index contributed by atoms with van der Waals surface area (Å²) in [4.78, 5) is 21.1. The molecule has 4 heteroatoms. The van der Waals surface area contributed by atoms with Gasteiger partial charge in [0, 0.05) is 12.6 Å². The summed E-state index contributed by atoms with van der Waals surface area (Å²) in [5.74, 6) is 0.581. The highest BCUT2D eigenvalue weighted by Crippen LogP contribution is 2.15. The lowest BCUT2D eigenvalue weighted by molar-refractivity contribution is -0.114. The van der Waals surface area contributed by atoms with E-state index in [1.807, 2.05) is 0 Å². The Labute approximate surface area is 100 Å². The van der Waals surface area contributed by atoms with Crippen LogP contribution in [0.2, 0.25) is 0 Å². The fraction of sp³-hybridized carbons (Fsp3) is 0.231. The van der Waals surface area contributed by atoms with Crippen molar-refractivity contribution < 1.29 is 14.3 Å². The maximum atomic E-state index is 10.8. The number of amides is 1. The van der Waals surface area contributed by atoms with Crippen LogP contribution >= 0.6 is 0 Å². The smallest absolute Gasteiger partial charge is 0.221 e. The van der Waals surface area contributed by atoms with Gasteiger partial charge in [-0.3, -0.25) is 9.59 Å². The van der Waals surface area contributed by atoms with Crippen molar-refractivity contribution >= 4 is 17.9 Å². The number of nitrogens with one attached hydrogen (secondary N) is 1. The highest BCUT2D eigenvalue weighted by Gasteiger charge is 1.96. The molecule has 0 atom stereocenters. The highest BCUT2D eigenvalue weighted by atomic mass is 16.5. The van der Waals surface area contributed by atoms with Gasteiger partial charge in [0.15, 0.2) is 0 Å². The molecule has 0 radical (unpaired) electrons. The van der Waals surface area contributed by atoms with Gasteiger partial charge in [-0.15, -0.1) is 0 Å². The molecule has 17 heavy (non-hydrogen) atoms. The maximum Gasteiger partial charge on any atom is 0.221 e. The second kappa shape index (κ2) is 6.48. The van der Waals surface area contributed by atoms with Crippen LogP contribution in [0.3, 0.4) is 0 Å². The second-order valence-electron chi connectivity index (χ2n) is 3.58. The van der Waals surface area contributed by atoms with Gasteiger partial charge in [-0.25, -0.2) is 0 Å². The SMILES string of the molecule is CC(=O)Nc1ccc(OC/C=C(\C)C=O)cc1. The molecule has 0 fully saturated rings. The zero-order valence-corrected chi connectivity index (χ0v) is 9.90. The lowest BCUT2D eigenvalue weighted by atomic mass is 10.3. The van der Waals surface area contributed by atoms with Crippen molar-refractivity contribution in [1.82, 2.24) is 0 Å². The molecule has 1 amide bonds. The molecule has 1 aromatic rings. The third-order valence-corrected chi connectivity index (χ3v) is 2.02. The standard InChI is InChI=1S/C13H15NO3/c1-10(9-15)7-8-17-13-5-3-12(4-6-13)14-11(2)16/h3-7,9H,8H2,1-2H3,(H,14,16)/b10-7+. The number of hydrogen-bond donors (Lipinski definition) is 1. The fourth-order valence-electron chi connectivity index (χ4n) is 1.16. The van der Waals surface area contributed by atoms with E-state index < -0.39 is 0 Å². The highest BCUT2D eigenvalue weighted by molar-refractivity contribution is 5.88. The number of allylic oxidation sites excluding steroid dienone is 1. The van der Waals surface area contributed by atoms with Crippen LogP contribution in [0.1, 0.15) is 13.8 Å². The Hall–Kier alpha value is -2.10. The van der Waals surface area contributed by atoms with E-state index in [9.17, 15) is 9.59 Å². The largest absolute Gasteiger partial charge is 0.490 e. The molecule has 1 aromatic carbocycles. The zero-order chi connectivity index (χ0) is 12.7. The Morgan fingerprint density at radius 3 is 2.47 bits per heavy atom. The summed E-state index contributed by atoms with van der Waals surface area (Å²) >= 11 is 0. The second-order valence-corrected chi connectivity index (χ2v) is 3.58. The molecular weight excluding hydrogens is 218 g/mol. The van der Waals surface area contributed by atoms with Gasteiger partial charge in [0.25, 0.3) is 0 Å². The zero-order valence-electron chi connectivity index (χ0n) is 9.90. The van der Waals surface area contributed by atoms with Crippen LogP contribution < -0.4 is 10.1 Å². The van der Waals surface area contributed by atoms with Gasteiger partial charge in [0.1, 0.15) is 18.6 Å². The number of aldehydes is 1. The van der Waals surface area contributed by atoms with Crippen molar-refractivity contribution in [3.05, 3.63) is 35.9 Å². The molecule has 4 nitrogen and oxygen atoms in total. The molecule has 0 spiro atoms. The molecule has 0 saturated heterocycles. The number of benzene rings is 1. The van der Waals surface area contributed by atoms with Crippen LogP contribution in [0, 0.1) is 0 Å². The number of ether oxygens (including phenoxy) is 1. The van der Waals surface area contributed by atoms with Crippen molar-refractivity contribution in [2.75, 3.05) is 11.9 Å². The van der Waals surface area contributed by atoms with Crippen molar-refractivity contribution in [2.45, 2.75) is 13.8 Å². The summed E-state index contributed by atoms with van der Waals surface area (Å²) < 4.78 is 5.39. The molecule has 1 rings (SSSR count). The Morgan fingerprint density at radius 1 is 1.29 bits per heavy atom. The third kappa shape index (κ3) is 4.97. The summed E-state index contributed by atoms with van der Waals surface area (Å²) in [5.41, 5.74) is 1.37. The molecule has 1 N–H and O–H groups in total. The van der Waals surface area contributed by atoms with E-state index in [0.29, 0.717) is 17.9 Å². The first-order valence-corrected chi connectivity index (χ1v) is 5.24. The molecule has 0 bridgehead atoms. The average molecular weight is 233 g/mol. The Bertz CT molecular complexity index is 421. The molecule has 0 heterocycles. The van der Waals surface area contributed by atoms with Crippen LogP contribution in [-0.2, 0) is 9.59 Å².